The van der Waals surface area contributed by atoms with Crippen LogP contribution in [0.2, 0.25) is 0 Å². The number of fused-ring (bicyclic) bond motifs is 1. The summed E-state index contributed by atoms with van der Waals surface area (Å²) in [5, 5.41) is 0. The zero-order valence-corrected chi connectivity index (χ0v) is 12.5. The van der Waals surface area contributed by atoms with Crippen LogP contribution in [0, 0.1) is 0 Å². The molecule has 1 aliphatic heterocycles. The van der Waals surface area contributed by atoms with Crippen molar-refractivity contribution in [2.24, 2.45) is 0 Å². The van der Waals surface area contributed by atoms with Gasteiger partial charge in [0.1, 0.15) is 5.75 Å². The molecule has 0 fully saturated rings. The van der Waals surface area contributed by atoms with Gasteiger partial charge in [0.25, 0.3) is 0 Å². The van der Waals surface area contributed by atoms with Gasteiger partial charge in [0, 0.05) is 17.5 Å². The van der Waals surface area contributed by atoms with Crippen LogP contribution in [0.4, 0.5) is 0 Å². The highest BCUT2D eigenvalue weighted by atomic mass is 16.7. The van der Waals surface area contributed by atoms with Crippen molar-refractivity contribution in [3.05, 3.63) is 53.6 Å². The molecule has 0 bridgehead atoms. The zero-order valence-electron chi connectivity index (χ0n) is 12.5. The van der Waals surface area contributed by atoms with Gasteiger partial charge >= 0.3 is 0 Å². The van der Waals surface area contributed by atoms with Gasteiger partial charge < -0.3 is 14.2 Å². The molecule has 0 saturated heterocycles. The van der Waals surface area contributed by atoms with E-state index in [-0.39, 0.29) is 6.79 Å². The molecule has 0 unspecified atom stereocenters. The topological polar surface area (TPSA) is 27.7 Å². The molecule has 3 heteroatoms. The number of rotatable bonds is 5. The summed E-state index contributed by atoms with van der Waals surface area (Å²) in [7, 11) is 0. The van der Waals surface area contributed by atoms with Gasteiger partial charge in [0.2, 0.25) is 6.79 Å². The predicted octanol–water partition coefficient (Wildman–Crippen LogP) is 4.36. The van der Waals surface area contributed by atoms with E-state index in [0.29, 0.717) is 12.5 Å². The molecule has 0 radical (unpaired) electrons. The lowest BCUT2D eigenvalue weighted by Gasteiger charge is -2.20. The third-order valence-electron chi connectivity index (χ3n) is 3.79. The monoisotopic (exact) mass is 284 g/mol. The summed E-state index contributed by atoms with van der Waals surface area (Å²) in [6.45, 7) is 5.11. The maximum atomic E-state index is 5.83. The van der Waals surface area contributed by atoms with E-state index in [9.17, 15) is 0 Å². The first-order chi connectivity index (χ1) is 10.3. The fourth-order valence-corrected chi connectivity index (χ4v) is 2.81. The molecule has 3 rings (SSSR count). The van der Waals surface area contributed by atoms with E-state index in [1.165, 1.54) is 5.56 Å². The van der Waals surface area contributed by atoms with E-state index in [4.69, 9.17) is 14.2 Å². The smallest absolute Gasteiger partial charge is 0.231 e. The van der Waals surface area contributed by atoms with Crippen molar-refractivity contribution in [2.45, 2.75) is 26.2 Å². The molecule has 21 heavy (non-hydrogen) atoms. The SMILES string of the molecule is CCOc1cc2c(cc1[C@H](CC)c1ccccc1)OCO2. The first-order valence-corrected chi connectivity index (χ1v) is 7.44. The molecule has 2 aromatic carbocycles. The molecule has 1 aliphatic rings. The van der Waals surface area contributed by atoms with E-state index in [0.717, 1.165) is 29.2 Å². The summed E-state index contributed by atoms with van der Waals surface area (Å²) in [6, 6.07) is 14.5. The third kappa shape index (κ3) is 2.68. The van der Waals surface area contributed by atoms with Crippen molar-refractivity contribution in [2.75, 3.05) is 13.4 Å². The van der Waals surface area contributed by atoms with Gasteiger partial charge in [-0.1, -0.05) is 37.3 Å². The molecule has 2 aromatic rings. The van der Waals surface area contributed by atoms with E-state index >= 15 is 0 Å². The molecule has 0 aliphatic carbocycles. The molecular formula is C18H20O3. The largest absolute Gasteiger partial charge is 0.493 e. The quantitative estimate of drug-likeness (QED) is 0.816. The Kier molecular flexibility index (Phi) is 4.00. The Bertz CT molecular complexity index is 607. The highest BCUT2D eigenvalue weighted by Crippen LogP contribution is 2.43. The summed E-state index contributed by atoms with van der Waals surface area (Å²) >= 11 is 0. The van der Waals surface area contributed by atoms with E-state index in [1.807, 2.05) is 19.1 Å². The van der Waals surface area contributed by atoms with E-state index < -0.39 is 0 Å². The van der Waals surface area contributed by atoms with Crippen molar-refractivity contribution >= 4 is 0 Å². The van der Waals surface area contributed by atoms with Gasteiger partial charge in [-0.3, -0.25) is 0 Å². The Balaban J connectivity index is 2.06. The van der Waals surface area contributed by atoms with Gasteiger partial charge in [0.05, 0.1) is 6.61 Å². The van der Waals surface area contributed by atoms with Gasteiger partial charge in [0.15, 0.2) is 11.5 Å². The van der Waals surface area contributed by atoms with Crippen LogP contribution in [0.25, 0.3) is 0 Å². The van der Waals surface area contributed by atoms with Crippen LogP contribution in [0.15, 0.2) is 42.5 Å². The van der Waals surface area contributed by atoms with Gasteiger partial charge in [-0.15, -0.1) is 0 Å². The molecular weight excluding hydrogens is 264 g/mol. The highest BCUT2D eigenvalue weighted by Gasteiger charge is 2.23. The molecule has 0 amide bonds. The van der Waals surface area contributed by atoms with Crippen LogP contribution in [-0.2, 0) is 0 Å². The number of benzene rings is 2. The first-order valence-electron chi connectivity index (χ1n) is 7.44. The molecule has 3 nitrogen and oxygen atoms in total. The highest BCUT2D eigenvalue weighted by molar-refractivity contribution is 5.54. The fourth-order valence-electron chi connectivity index (χ4n) is 2.81. The maximum absolute atomic E-state index is 5.83. The second kappa shape index (κ2) is 6.08. The number of ether oxygens (including phenoxy) is 3. The summed E-state index contributed by atoms with van der Waals surface area (Å²) in [5.74, 6) is 2.76. The Morgan fingerprint density at radius 1 is 1.05 bits per heavy atom. The third-order valence-corrected chi connectivity index (χ3v) is 3.79. The van der Waals surface area contributed by atoms with Crippen molar-refractivity contribution in [1.29, 1.82) is 0 Å². The number of hydrogen-bond acceptors (Lipinski definition) is 3. The second-order valence-electron chi connectivity index (χ2n) is 5.05. The second-order valence-corrected chi connectivity index (χ2v) is 5.05. The van der Waals surface area contributed by atoms with Crippen LogP contribution in [0.1, 0.15) is 37.3 Å². The minimum Gasteiger partial charge on any atom is -0.493 e. The summed E-state index contributed by atoms with van der Waals surface area (Å²) < 4.78 is 16.8. The lowest BCUT2D eigenvalue weighted by atomic mass is 9.88. The van der Waals surface area contributed by atoms with E-state index in [2.05, 4.69) is 37.3 Å². The molecule has 0 aromatic heterocycles. The van der Waals surface area contributed by atoms with Gasteiger partial charge in [-0.25, -0.2) is 0 Å². The summed E-state index contributed by atoms with van der Waals surface area (Å²) in [6.07, 6.45) is 1.00. The minimum atomic E-state index is 0.284. The van der Waals surface area contributed by atoms with Crippen molar-refractivity contribution in [3.8, 4) is 17.2 Å². The molecule has 110 valence electrons. The Hall–Kier alpha value is -2.16. The van der Waals surface area contributed by atoms with Gasteiger partial charge in [-0.2, -0.15) is 0 Å². The molecule has 0 spiro atoms. The van der Waals surface area contributed by atoms with Crippen LogP contribution in [0.3, 0.4) is 0 Å². The standard InChI is InChI=1S/C18H20O3/c1-3-14(13-8-6-5-7-9-13)15-10-17-18(21-12-20-17)11-16(15)19-4-2/h5-11,14H,3-4,12H2,1-2H3/t14-/m1/s1. The fraction of sp³-hybridized carbons (Fsp3) is 0.333. The van der Waals surface area contributed by atoms with Crippen molar-refractivity contribution in [3.63, 3.8) is 0 Å². The van der Waals surface area contributed by atoms with Gasteiger partial charge in [-0.05, 0) is 25.0 Å². The Labute approximate surface area is 125 Å². The van der Waals surface area contributed by atoms with Crippen molar-refractivity contribution in [1.82, 2.24) is 0 Å². The van der Waals surface area contributed by atoms with Crippen molar-refractivity contribution < 1.29 is 14.2 Å². The average molecular weight is 284 g/mol. The van der Waals surface area contributed by atoms with Crippen LogP contribution in [0.5, 0.6) is 17.2 Å². The maximum Gasteiger partial charge on any atom is 0.231 e. The molecule has 1 atom stereocenters. The van der Waals surface area contributed by atoms with Crippen LogP contribution < -0.4 is 14.2 Å². The average Bonchev–Trinajstić information content (AvgIpc) is 2.97. The van der Waals surface area contributed by atoms with Crippen LogP contribution >= 0.6 is 0 Å². The molecule has 1 heterocycles. The molecule has 0 N–H and O–H groups in total. The lowest BCUT2D eigenvalue weighted by molar-refractivity contribution is 0.173. The minimum absolute atomic E-state index is 0.284. The van der Waals surface area contributed by atoms with E-state index in [1.54, 1.807) is 0 Å². The summed E-state index contributed by atoms with van der Waals surface area (Å²) in [5.41, 5.74) is 2.45. The normalized spacial score (nSPS) is 14.0. The summed E-state index contributed by atoms with van der Waals surface area (Å²) in [4.78, 5) is 0. The predicted molar refractivity (Wildman–Crippen MR) is 82.3 cm³/mol. The Morgan fingerprint density at radius 2 is 1.76 bits per heavy atom. The van der Waals surface area contributed by atoms with Crippen LogP contribution in [-0.4, -0.2) is 13.4 Å². The molecule has 0 saturated carbocycles. The number of hydrogen-bond donors (Lipinski definition) is 0. The Morgan fingerprint density at radius 3 is 2.43 bits per heavy atom. The first kappa shape index (κ1) is 13.8. The zero-order chi connectivity index (χ0) is 14.7. The lowest BCUT2D eigenvalue weighted by Crippen LogP contribution is -2.04.